The van der Waals surface area contributed by atoms with E-state index in [1.54, 1.807) is 0 Å². The van der Waals surface area contributed by atoms with Gasteiger partial charge in [-0.3, -0.25) is 14.9 Å². The molecule has 0 saturated heterocycles. The van der Waals surface area contributed by atoms with Crippen molar-refractivity contribution in [1.29, 1.82) is 5.26 Å². The smallest absolute Gasteiger partial charge is 0.311 e. The third-order valence-electron chi connectivity index (χ3n) is 3.05. The number of nitro groups is 1. The van der Waals surface area contributed by atoms with Crippen LogP contribution in [0.4, 0.5) is 10.1 Å². The molecule has 0 heterocycles. The zero-order chi connectivity index (χ0) is 17.0. The van der Waals surface area contributed by atoms with Gasteiger partial charge in [-0.15, -0.1) is 0 Å². The maximum atomic E-state index is 13.6. The van der Waals surface area contributed by atoms with Crippen molar-refractivity contribution in [3.05, 3.63) is 69.0 Å². The molecule has 0 atom stereocenters. The third kappa shape index (κ3) is 3.59. The van der Waals surface area contributed by atoms with Gasteiger partial charge in [-0.1, -0.05) is 0 Å². The van der Waals surface area contributed by atoms with Crippen molar-refractivity contribution in [2.75, 3.05) is 0 Å². The molecule has 0 bridgehead atoms. The van der Waals surface area contributed by atoms with Crippen molar-refractivity contribution in [1.82, 2.24) is 5.32 Å². The second-order valence-corrected chi connectivity index (χ2v) is 4.56. The summed E-state index contributed by atoms with van der Waals surface area (Å²) >= 11 is 0. The van der Waals surface area contributed by atoms with Gasteiger partial charge in [0.1, 0.15) is 5.82 Å². The molecule has 2 aromatic rings. The number of carbonyl (C=O) groups excluding carboxylic acids is 1. The van der Waals surface area contributed by atoms with Crippen LogP contribution in [0.3, 0.4) is 0 Å². The van der Waals surface area contributed by atoms with Crippen molar-refractivity contribution in [2.24, 2.45) is 0 Å². The Balaban J connectivity index is 2.16. The molecule has 0 fully saturated rings. The second kappa shape index (κ2) is 6.53. The third-order valence-corrected chi connectivity index (χ3v) is 3.05. The number of carbonyl (C=O) groups is 1. The van der Waals surface area contributed by atoms with E-state index in [1.165, 1.54) is 18.2 Å². The molecule has 2 aromatic carbocycles. The topological polar surface area (TPSA) is 116 Å². The van der Waals surface area contributed by atoms with E-state index in [-0.39, 0.29) is 23.2 Å². The molecule has 2 N–H and O–H groups in total. The van der Waals surface area contributed by atoms with Crippen LogP contribution in [0.1, 0.15) is 21.5 Å². The van der Waals surface area contributed by atoms with E-state index >= 15 is 0 Å². The Bertz CT molecular complexity index is 830. The summed E-state index contributed by atoms with van der Waals surface area (Å²) < 4.78 is 13.6. The van der Waals surface area contributed by atoms with Crippen LogP contribution in [0.25, 0.3) is 0 Å². The molecule has 7 nitrogen and oxygen atoms in total. The minimum Gasteiger partial charge on any atom is -0.502 e. The van der Waals surface area contributed by atoms with Crippen LogP contribution in [-0.4, -0.2) is 15.9 Å². The number of phenols is 1. The Morgan fingerprint density at radius 1 is 1.35 bits per heavy atom. The minimum atomic E-state index is -0.817. The average Bonchev–Trinajstić information content (AvgIpc) is 2.54. The first-order chi connectivity index (χ1) is 10.9. The van der Waals surface area contributed by atoms with Gasteiger partial charge in [-0.25, -0.2) is 4.39 Å². The fourth-order valence-corrected chi connectivity index (χ4v) is 1.87. The molecule has 1 amide bonds. The van der Waals surface area contributed by atoms with Gasteiger partial charge in [-0.05, 0) is 30.3 Å². The van der Waals surface area contributed by atoms with E-state index in [4.69, 9.17) is 5.26 Å². The quantitative estimate of drug-likeness (QED) is 0.663. The number of nitriles is 1. The number of nitrogens with one attached hydrogen (secondary N) is 1. The van der Waals surface area contributed by atoms with Crippen molar-refractivity contribution in [3.63, 3.8) is 0 Å². The SMILES string of the molecule is N#Cc1ccc(F)c(CNC(=O)c2ccc(O)c([N+](=O)[O-])c2)c1. The first-order valence-electron chi connectivity index (χ1n) is 6.36. The molecule has 116 valence electrons. The Kier molecular flexibility index (Phi) is 4.52. The van der Waals surface area contributed by atoms with Crippen LogP contribution in [-0.2, 0) is 6.54 Å². The van der Waals surface area contributed by atoms with E-state index in [1.807, 2.05) is 6.07 Å². The van der Waals surface area contributed by atoms with Crippen LogP contribution < -0.4 is 5.32 Å². The van der Waals surface area contributed by atoms with Gasteiger partial charge in [0.2, 0.25) is 0 Å². The number of halogens is 1. The maximum Gasteiger partial charge on any atom is 0.311 e. The molecule has 0 spiro atoms. The van der Waals surface area contributed by atoms with Crippen LogP contribution >= 0.6 is 0 Å². The fraction of sp³-hybridized carbons (Fsp3) is 0.0667. The van der Waals surface area contributed by atoms with E-state index in [9.17, 15) is 24.4 Å². The summed E-state index contributed by atoms with van der Waals surface area (Å²) in [6.07, 6.45) is 0. The molecule has 0 radical (unpaired) electrons. The molecule has 0 aliphatic heterocycles. The number of rotatable bonds is 4. The van der Waals surface area contributed by atoms with Gasteiger partial charge >= 0.3 is 5.69 Å². The highest BCUT2D eigenvalue weighted by Crippen LogP contribution is 2.26. The Hall–Kier alpha value is -3.47. The fourth-order valence-electron chi connectivity index (χ4n) is 1.87. The largest absolute Gasteiger partial charge is 0.502 e. The average molecular weight is 315 g/mol. The van der Waals surface area contributed by atoms with Gasteiger partial charge < -0.3 is 10.4 Å². The summed E-state index contributed by atoms with van der Waals surface area (Å²) in [5, 5.41) is 31.2. The number of hydrogen-bond donors (Lipinski definition) is 2. The zero-order valence-corrected chi connectivity index (χ0v) is 11.6. The number of amides is 1. The van der Waals surface area contributed by atoms with Crippen LogP contribution in [0.5, 0.6) is 5.75 Å². The summed E-state index contributed by atoms with van der Waals surface area (Å²) in [7, 11) is 0. The van der Waals surface area contributed by atoms with Crippen molar-refractivity contribution < 1.29 is 19.2 Å². The summed E-state index contributed by atoms with van der Waals surface area (Å²) in [4.78, 5) is 21.9. The summed E-state index contributed by atoms with van der Waals surface area (Å²) in [6, 6.07) is 8.75. The molecular formula is C15H10FN3O4. The standard InChI is InChI=1S/C15H10FN3O4/c16-12-3-1-9(7-17)5-11(12)8-18-15(21)10-2-4-14(20)13(6-10)19(22)23/h1-6,20H,8H2,(H,18,21). The van der Waals surface area contributed by atoms with Gasteiger partial charge in [0.05, 0.1) is 16.6 Å². The Morgan fingerprint density at radius 2 is 2.09 bits per heavy atom. The summed E-state index contributed by atoms with van der Waals surface area (Å²) in [5.74, 6) is -1.81. The summed E-state index contributed by atoms with van der Waals surface area (Å²) in [6.45, 7) is -0.186. The van der Waals surface area contributed by atoms with Crippen LogP contribution in [0.15, 0.2) is 36.4 Å². The monoisotopic (exact) mass is 315 g/mol. The molecule has 0 unspecified atom stereocenters. The maximum absolute atomic E-state index is 13.6. The van der Waals surface area contributed by atoms with Gasteiger partial charge in [0.25, 0.3) is 5.91 Å². The van der Waals surface area contributed by atoms with Crippen molar-refractivity contribution in [3.8, 4) is 11.8 Å². The highest BCUT2D eigenvalue weighted by atomic mass is 19.1. The highest BCUT2D eigenvalue weighted by molar-refractivity contribution is 5.95. The van der Waals surface area contributed by atoms with E-state index in [0.717, 1.165) is 18.2 Å². The second-order valence-electron chi connectivity index (χ2n) is 4.56. The molecule has 0 aromatic heterocycles. The lowest BCUT2D eigenvalue weighted by molar-refractivity contribution is -0.385. The van der Waals surface area contributed by atoms with Crippen LogP contribution in [0.2, 0.25) is 0 Å². The van der Waals surface area contributed by atoms with Gasteiger partial charge in [0, 0.05) is 23.7 Å². The lowest BCUT2D eigenvalue weighted by Gasteiger charge is -2.07. The lowest BCUT2D eigenvalue weighted by Crippen LogP contribution is -2.23. The molecule has 2 rings (SSSR count). The van der Waals surface area contributed by atoms with E-state index in [2.05, 4.69) is 5.32 Å². The number of hydrogen-bond acceptors (Lipinski definition) is 5. The Morgan fingerprint density at radius 3 is 2.74 bits per heavy atom. The molecule has 0 aliphatic carbocycles. The highest BCUT2D eigenvalue weighted by Gasteiger charge is 2.17. The van der Waals surface area contributed by atoms with Crippen molar-refractivity contribution in [2.45, 2.75) is 6.54 Å². The minimum absolute atomic E-state index is 0.0497. The van der Waals surface area contributed by atoms with E-state index < -0.39 is 28.1 Å². The normalized spacial score (nSPS) is 9.91. The number of benzene rings is 2. The lowest BCUT2D eigenvalue weighted by atomic mass is 10.1. The number of phenolic OH excluding ortho intramolecular Hbond substituents is 1. The number of aromatic hydroxyl groups is 1. The molecule has 0 aliphatic rings. The zero-order valence-electron chi connectivity index (χ0n) is 11.6. The number of nitrogens with zero attached hydrogens (tertiary/aromatic N) is 2. The first-order valence-corrected chi connectivity index (χ1v) is 6.36. The predicted molar refractivity (Wildman–Crippen MR) is 77.0 cm³/mol. The van der Waals surface area contributed by atoms with Gasteiger partial charge in [-0.2, -0.15) is 5.26 Å². The first kappa shape index (κ1) is 15.9. The van der Waals surface area contributed by atoms with Crippen LogP contribution in [0, 0.1) is 27.3 Å². The summed E-state index contributed by atoms with van der Waals surface area (Å²) in [5.41, 5.74) is -0.289. The van der Waals surface area contributed by atoms with Crippen molar-refractivity contribution >= 4 is 11.6 Å². The van der Waals surface area contributed by atoms with E-state index in [0.29, 0.717) is 0 Å². The molecule has 23 heavy (non-hydrogen) atoms. The predicted octanol–water partition coefficient (Wildman–Crippen LogP) is 2.24. The van der Waals surface area contributed by atoms with Gasteiger partial charge in [0.15, 0.2) is 5.75 Å². The molecular weight excluding hydrogens is 305 g/mol. The molecule has 0 saturated carbocycles. The number of nitro benzene ring substituents is 1. The molecule has 8 heteroatoms. The Labute approximate surface area is 129 Å².